The molecule has 0 saturated carbocycles. The first kappa shape index (κ1) is 13.7. The summed E-state index contributed by atoms with van der Waals surface area (Å²) in [5.74, 6) is -1.93. The van der Waals surface area contributed by atoms with Crippen LogP contribution in [-0.4, -0.2) is 15.6 Å². The van der Waals surface area contributed by atoms with Gasteiger partial charge in [-0.25, -0.2) is 8.78 Å². The molecule has 1 heterocycles. The highest BCUT2D eigenvalue weighted by Gasteiger charge is 2.18. The van der Waals surface area contributed by atoms with Crippen LogP contribution in [0, 0.1) is 18.6 Å². The van der Waals surface area contributed by atoms with Crippen molar-refractivity contribution in [3.63, 3.8) is 0 Å². The first-order valence-electron chi connectivity index (χ1n) is 5.56. The van der Waals surface area contributed by atoms with Gasteiger partial charge < -0.3 is 0 Å². The lowest BCUT2D eigenvalue weighted by molar-refractivity contribution is 0.0988. The molecule has 0 atom stereocenters. The number of benzene rings is 1. The summed E-state index contributed by atoms with van der Waals surface area (Å²) in [6.07, 6.45) is -0.112. The maximum Gasteiger partial charge on any atom is 0.170 e. The Morgan fingerprint density at radius 1 is 1.42 bits per heavy atom. The van der Waals surface area contributed by atoms with E-state index in [2.05, 4.69) is 5.10 Å². The van der Waals surface area contributed by atoms with Crippen LogP contribution in [0.1, 0.15) is 21.6 Å². The van der Waals surface area contributed by atoms with Gasteiger partial charge in [-0.05, 0) is 25.1 Å². The van der Waals surface area contributed by atoms with Crippen molar-refractivity contribution < 1.29 is 13.6 Å². The second-order valence-corrected chi connectivity index (χ2v) is 4.56. The van der Waals surface area contributed by atoms with E-state index >= 15 is 0 Å². The van der Waals surface area contributed by atoms with Crippen molar-refractivity contribution in [2.45, 2.75) is 13.3 Å². The maximum atomic E-state index is 13.5. The average Bonchev–Trinajstić information content (AvgIpc) is 2.59. The van der Waals surface area contributed by atoms with Gasteiger partial charge in [0, 0.05) is 19.0 Å². The molecule has 0 N–H and O–H groups in total. The molecule has 100 valence electrons. The van der Waals surface area contributed by atoms with Crippen LogP contribution in [0.5, 0.6) is 0 Å². The fourth-order valence-corrected chi connectivity index (χ4v) is 2.08. The number of aryl methyl sites for hydroxylation is 2. The van der Waals surface area contributed by atoms with Crippen molar-refractivity contribution in [2.24, 2.45) is 7.05 Å². The largest absolute Gasteiger partial charge is 0.294 e. The third-order valence-electron chi connectivity index (χ3n) is 2.84. The Hall–Kier alpha value is -1.75. The summed E-state index contributed by atoms with van der Waals surface area (Å²) in [5, 5.41) is 4.38. The predicted octanol–water partition coefficient (Wildman–Crippen LogP) is 3.09. The van der Waals surface area contributed by atoms with Crippen LogP contribution in [0.3, 0.4) is 0 Å². The van der Waals surface area contributed by atoms with Gasteiger partial charge >= 0.3 is 0 Å². The quantitative estimate of drug-likeness (QED) is 0.812. The van der Waals surface area contributed by atoms with E-state index in [1.165, 1.54) is 4.68 Å². The topological polar surface area (TPSA) is 34.9 Å². The van der Waals surface area contributed by atoms with Crippen molar-refractivity contribution in [2.75, 3.05) is 0 Å². The number of hydrogen-bond acceptors (Lipinski definition) is 2. The van der Waals surface area contributed by atoms with E-state index in [0.29, 0.717) is 16.4 Å². The highest BCUT2D eigenvalue weighted by molar-refractivity contribution is 6.30. The van der Waals surface area contributed by atoms with Crippen molar-refractivity contribution in [1.82, 2.24) is 9.78 Å². The summed E-state index contributed by atoms with van der Waals surface area (Å²) < 4.78 is 28.0. The number of rotatable bonds is 3. The van der Waals surface area contributed by atoms with Gasteiger partial charge in [0.2, 0.25) is 0 Å². The van der Waals surface area contributed by atoms with E-state index in [9.17, 15) is 13.6 Å². The van der Waals surface area contributed by atoms with Crippen LogP contribution in [0.2, 0.25) is 5.15 Å². The molecule has 2 aromatic rings. The van der Waals surface area contributed by atoms with Crippen molar-refractivity contribution >= 4 is 17.4 Å². The maximum absolute atomic E-state index is 13.5. The number of Topliss-reactive ketones (excluding diaryl/α,β-unsaturated/α-hetero) is 1. The normalized spacial score (nSPS) is 10.8. The standard InChI is InChI=1S/C13H11ClF2N2O/c1-7-9(13(14)18(2)17-7)6-12(19)10-5-8(15)3-4-11(10)16/h3-5H,6H2,1-2H3. The van der Waals surface area contributed by atoms with E-state index < -0.39 is 17.4 Å². The van der Waals surface area contributed by atoms with E-state index in [4.69, 9.17) is 11.6 Å². The van der Waals surface area contributed by atoms with Crippen molar-refractivity contribution in [3.8, 4) is 0 Å². The molecule has 0 spiro atoms. The lowest BCUT2D eigenvalue weighted by atomic mass is 10.0. The summed E-state index contributed by atoms with van der Waals surface area (Å²) in [4.78, 5) is 12.0. The molecule has 0 fully saturated rings. The Morgan fingerprint density at radius 3 is 2.68 bits per heavy atom. The van der Waals surface area contributed by atoms with Crippen LogP contribution < -0.4 is 0 Å². The zero-order valence-electron chi connectivity index (χ0n) is 10.4. The zero-order chi connectivity index (χ0) is 14.2. The number of carbonyl (C=O) groups is 1. The molecule has 0 aliphatic heterocycles. The Bertz CT molecular complexity index is 652. The van der Waals surface area contributed by atoms with Gasteiger partial charge in [-0.3, -0.25) is 9.48 Å². The Balaban J connectivity index is 2.33. The SMILES string of the molecule is Cc1nn(C)c(Cl)c1CC(=O)c1cc(F)ccc1F. The van der Waals surface area contributed by atoms with Gasteiger partial charge in [0.05, 0.1) is 11.3 Å². The highest BCUT2D eigenvalue weighted by Crippen LogP contribution is 2.21. The molecule has 3 nitrogen and oxygen atoms in total. The number of halogens is 3. The number of ketones is 1. The lowest BCUT2D eigenvalue weighted by Crippen LogP contribution is -2.07. The molecule has 0 bridgehead atoms. The van der Waals surface area contributed by atoms with Gasteiger partial charge in [0.1, 0.15) is 16.8 Å². The molecule has 0 aliphatic rings. The smallest absolute Gasteiger partial charge is 0.170 e. The highest BCUT2D eigenvalue weighted by atomic mass is 35.5. The molecular formula is C13H11ClF2N2O. The molecule has 0 radical (unpaired) electrons. The second kappa shape index (κ2) is 5.09. The molecule has 2 rings (SSSR count). The van der Waals surface area contributed by atoms with Crippen molar-refractivity contribution in [3.05, 3.63) is 51.8 Å². The molecule has 19 heavy (non-hydrogen) atoms. The summed E-state index contributed by atoms with van der Waals surface area (Å²) >= 11 is 6.00. The molecule has 1 aromatic heterocycles. The number of carbonyl (C=O) groups excluding carboxylic acids is 1. The fourth-order valence-electron chi connectivity index (χ4n) is 1.84. The summed E-state index contributed by atoms with van der Waals surface area (Å²) in [6, 6.07) is 2.78. The van der Waals surface area contributed by atoms with E-state index in [-0.39, 0.29) is 12.0 Å². The average molecular weight is 285 g/mol. The number of aromatic nitrogens is 2. The zero-order valence-corrected chi connectivity index (χ0v) is 11.1. The number of nitrogens with zero attached hydrogens (tertiary/aromatic N) is 2. The summed E-state index contributed by atoms with van der Waals surface area (Å²) in [7, 11) is 1.64. The minimum absolute atomic E-state index is 0.112. The minimum Gasteiger partial charge on any atom is -0.294 e. The Morgan fingerprint density at radius 2 is 2.11 bits per heavy atom. The van der Waals surface area contributed by atoms with Crippen LogP contribution in [0.15, 0.2) is 18.2 Å². The summed E-state index contributed by atoms with van der Waals surface area (Å²) in [6.45, 7) is 1.70. The molecule has 0 unspecified atom stereocenters. The van der Waals surface area contributed by atoms with Crippen LogP contribution in [0.25, 0.3) is 0 Å². The van der Waals surface area contributed by atoms with Gasteiger partial charge in [0.25, 0.3) is 0 Å². The van der Waals surface area contributed by atoms with Gasteiger partial charge in [-0.15, -0.1) is 0 Å². The van der Waals surface area contributed by atoms with Crippen LogP contribution in [-0.2, 0) is 13.5 Å². The second-order valence-electron chi connectivity index (χ2n) is 4.20. The third-order valence-corrected chi connectivity index (χ3v) is 3.31. The molecule has 0 aliphatic carbocycles. The first-order valence-corrected chi connectivity index (χ1v) is 5.94. The third kappa shape index (κ3) is 2.66. The molecule has 6 heteroatoms. The van der Waals surface area contributed by atoms with E-state index in [1.54, 1.807) is 14.0 Å². The van der Waals surface area contributed by atoms with E-state index in [0.717, 1.165) is 18.2 Å². The molecule has 0 saturated heterocycles. The molecular weight excluding hydrogens is 274 g/mol. The summed E-state index contributed by atoms with van der Waals surface area (Å²) in [5.41, 5.74) is 0.842. The Kier molecular flexibility index (Phi) is 3.66. The van der Waals surface area contributed by atoms with Gasteiger partial charge in [0.15, 0.2) is 5.78 Å². The van der Waals surface area contributed by atoms with Crippen LogP contribution >= 0.6 is 11.6 Å². The van der Waals surface area contributed by atoms with Gasteiger partial charge in [-0.2, -0.15) is 5.10 Å². The number of hydrogen-bond donors (Lipinski definition) is 0. The monoisotopic (exact) mass is 284 g/mol. The fraction of sp³-hybridized carbons (Fsp3) is 0.231. The Labute approximate surface area is 113 Å². The van der Waals surface area contributed by atoms with E-state index in [1.807, 2.05) is 0 Å². The molecule has 1 aromatic carbocycles. The first-order chi connectivity index (χ1) is 8.90. The van der Waals surface area contributed by atoms with Crippen LogP contribution in [0.4, 0.5) is 8.78 Å². The predicted molar refractivity (Wildman–Crippen MR) is 67.3 cm³/mol. The minimum atomic E-state index is -0.746. The molecule has 0 amide bonds. The van der Waals surface area contributed by atoms with Gasteiger partial charge in [-0.1, -0.05) is 11.6 Å². The lowest BCUT2D eigenvalue weighted by Gasteiger charge is -2.03. The van der Waals surface area contributed by atoms with Crippen molar-refractivity contribution in [1.29, 1.82) is 0 Å².